The maximum Gasteiger partial charge on any atom is 0.314 e. The quantitative estimate of drug-likeness (QED) is 0.499. The van der Waals surface area contributed by atoms with Gasteiger partial charge in [-0.1, -0.05) is 28.1 Å². The van der Waals surface area contributed by atoms with Crippen molar-refractivity contribution in [2.45, 2.75) is 12.8 Å². The van der Waals surface area contributed by atoms with Crippen LogP contribution in [0.15, 0.2) is 28.7 Å². The topological polar surface area (TPSA) is 70.2 Å². The van der Waals surface area contributed by atoms with Gasteiger partial charge in [-0.25, -0.2) is 4.79 Å². The molecular formula is C13H18BrN3O2. The molecule has 19 heavy (non-hydrogen) atoms. The van der Waals surface area contributed by atoms with Crippen molar-refractivity contribution >= 4 is 28.4 Å². The molecule has 0 aliphatic rings. The molecule has 0 atom stereocenters. The van der Waals surface area contributed by atoms with E-state index in [0.717, 1.165) is 17.3 Å². The summed E-state index contributed by atoms with van der Waals surface area (Å²) in [5.41, 5.74) is 1.18. The molecule has 0 aliphatic heterocycles. The molecule has 0 heterocycles. The van der Waals surface area contributed by atoms with Crippen LogP contribution in [0, 0.1) is 0 Å². The molecule has 1 rings (SSSR count). The Bertz CT molecular complexity index is 395. The van der Waals surface area contributed by atoms with Crippen LogP contribution in [-0.4, -0.2) is 32.1 Å². The van der Waals surface area contributed by atoms with Crippen molar-refractivity contribution in [1.82, 2.24) is 16.0 Å². The number of hydrogen-bond acceptors (Lipinski definition) is 2. The summed E-state index contributed by atoms with van der Waals surface area (Å²) in [6.45, 7) is 1.72. The number of carbonyl (C=O) groups excluding carboxylic acids is 2. The van der Waals surface area contributed by atoms with Crippen LogP contribution in [0.4, 0.5) is 4.79 Å². The Balaban J connectivity index is 2.06. The lowest BCUT2D eigenvalue weighted by molar-refractivity contribution is -0.109. The van der Waals surface area contributed by atoms with Crippen LogP contribution < -0.4 is 16.0 Å². The van der Waals surface area contributed by atoms with Gasteiger partial charge in [0, 0.05) is 24.1 Å². The highest BCUT2D eigenvalue weighted by Gasteiger charge is 1.99. The number of hydrogen-bond donors (Lipinski definition) is 3. The predicted molar refractivity (Wildman–Crippen MR) is 77.9 cm³/mol. The number of amides is 3. The number of nitrogens with one attached hydrogen (secondary N) is 3. The summed E-state index contributed by atoms with van der Waals surface area (Å²) in [7, 11) is 0. The molecule has 5 nitrogen and oxygen atoms in total. The molecule has 0 aromatic heterocycles. The second-order valence-electron chi connectivity index (χ2n) is 3.98. The summed E-state index contributed by atoms with van der Waals surface area (Å²) in [5, 5.41) is 8.04. The van der Waals surface area contributed by atoms with Gasteiger partial charge >= 0.3 is 6.03 Å². The van der Waals surface area contributed by atoms with Crippen molar-refractivity contribution in [3.05, 3.63) is 34.3 Å². The fourth-order valence-electron chi connectivity index (χ4n) is 1.49. The predicted octanol–water partition coefficient (Wildman–Crippen LogP) is 1.43. The van der Waals surface area contributed by atoms with Crippen molar-refractivity contribution < 1.29 is 9.59 Å². The summed E-state index contributed by atoms with van der Waals surface area (Å²) in [5.74, 6) is 0. The van der Waals surface area contributed by atoms with Gasteiger partial charge in [-0.05, 0) is 30.5 Å². The average molecular weight is 328 g/mol. The molecule has 0 fully saturated rings. The zero-order valence-corrected chi connectivity index (χ0v) is 12.2. The Morgan fingerprint density at radius 3 is 2.47 bits per heavy atom. The Morgan fingerprint density at radius 1 is 1.11 bits per heavy atom. The number of halogens is 1. The van der Waals surface area contributed by atoms with E-state index in [1.54, 1.807) is 0 Å². The summed E-state index contributed by atoms with van der Waals surface area (Å²) in [6.07, 6.45) is 2.17. The number of urea groups is 1. The smallest absolute Gasteiger partial charge is 0.314 e. The first-order chi connectivity index (χ1) is 9.22. The summed E-state index contributed by atoms with van der Waals surface area (Å²) in [6, 6.07) is 7.83. The lowest BCUT2D eigenvalue weighted by Crippen LogP contribution is -2.37. The van der Waals surface area contributed by atoms with Gasteiger partial charge in [-0.3, -0.25) is 4.79 Å². The molecule has 104 valence electrons. The molecule has 0 saturated heterocycles. The third-order valence-electron chi connectivity index (χ3n) is 2.48. The van der Waals surface area contributed by atoms with E-state index >= 15 is 0 Å². The first kappa shape index (κ1) is 15.5. The van der Waals surface area contributed by atoms with Gasteiger partial charge in [-0.2, -0.15) is 0 Å². The van der Waals surface area contributed by atoms with E-state index in [2.05, 4.69) is 31.9 Å². The van der Waals surface area contributed by atoms with Crippen molar-refractivity contribution in [2.75, 3.05) is 19.6 Å². The maximum atomic E-state index is 11.4. The van der Waals surface area contributed by atoms with Crippen LogP contribution in [0.3, 0.4) is 0 Å². The second kappa shape index (κ2) is 9.38. The Hall–Kier alpha value is -1.56. The highest BCUT2D eigenvalue weighted by atomic mass is 79.9. The average Bonchev–Trinajstić information content (AvgIpc) is 2.41. The Morgan fingerprint density at radius 2 is 1.79 bits per heavy atom. The highest BCUT2D eigenvalue weighted by molar-refractivity contribution is 9.10. The molecule has 1 aromatic carbocycles. The van der Waals surface area contributed by atoms with Crippen LogP contribution in [0.1, 0.15) is 12.0 Å². The molecule has 0 bridgehead atoms. The van der Waals surface area contributed by atoms with E-state index in [0.29, 0.717) is 26.0 Å². The van der Waals surface area contributed by atoms with Crippen LogP contribution in [0.25, 0.3) is 0 Å². The van der Waals surface area contributed by atoms with Gasteiger partial charge in [0.2, 0.25) is 6.41 Å². The van der Waals surface area contributed by atoms with Crippen LogP contribution in [0.2, 0.25) is 0 Å². The second-order valence-corrected chi connectivity index (χ2v) is 4.90. The SMILES string of the molecule is O=CNCCCNC(=O)NCCc1ccc(Br)cc1. The monoisotopic (exact) mass is 327 g/mol. The molecule has 0 unspecified atom stereocenters. The minimum Gasteiger partial charge on any atom is -0.359 e. The summed E-state index contributed by atoms with van der Waals surface area (Å²) >= 11 is 3.38. The van der Waals surface area contributed by atoms with Crippen LogP contribution in [0.5, 0.6) is 0 Å². The fourth-order valence-corrected chi connectivity index (χ4v) is 1.75. The number of carbonyl (C=O) groups is 2. The fraction of sp³-hybridized carbons (Fsp3) is 0.385. The highest BCUT2D eigenvalue weighted by Crippen LogP contribution is 2.10. The van der Waals surface area contributed by atoms with E-state index in [-0.39, 0.29) is 6.03 Å². The Kier molecular flexibility index (Phi) is 7.65. The third kappa shape index (κ3) is 7.46. The number of rotatable bonds is 8. The first-order valence-corrected chi connectivity index (χ1v) is 6.95. The van der Waals surface area contributed by atoms with Crippen molar-refractivity contribution in [2.24, 2.45) is 0 Å². The molecule has 6 heteroatoms. The van der Waals surface area contributed by atoms with E-state index in [1.807, 2.05) is 24.3 Å². The molecule has 0 aliphatic carbocycles. The van der Waals surface area contributed by atoms with Gasteiger partial charge in [-0.15, -0.1) is 0 Å². The zero-order chi connectivity index (χ0) is 13.9. The van der Waals surface area contributed by atoms with Gasteiger partial charge in [0.25, 0.3) is 0 Å². The normalized spacial score (nSPS) is 9.74. The first-order valence-electron chi connectivity index (χ1n) is 6.15. The summed E-state index contributed by atoms with van der Waals surface area (Å²) in [4.78, 5) is 21.4. The molecule has 1 aromatic rings. The molecule has 0 saturated carbocycles. The van der Waals surface area contributed by atoms with E-state index in [4.69, 9.17) is 0 Å². The van der Waals surface area contributed by atoms with Crippen LogP contribution >= 0.6 is 15.9 Å². The summed E-state index contributed by atoms with van der Waals surface area (Å²) < 4.78 is 1.05. The lowest BCUT2D eigenvalue weighted by atomic mass is 10.1. The van der Waals surface area contributed by atoms with Gasteiger partial charge < -0.3 is 16.0 Å². The largest absolute Gasteiger partial charge is 0.359 e. The van der Waals surface area contributed by atoms with Gasteiger partial charge in [0.15, 0.2) is 0 Å². The minimum atomic E-state index is -0.178. The molecular weight excluding hydrogens is 310 g/mol. The van der Waals surface area contributed by atoms with E-state index in [9.17, 15) is 9.59 Å². The number of benzene rings is 1. The minimum absolute atomic E-state index is 0.178. The zero-order valence-electron chi connectivity index (χ0n) is 10.6. The van der Waals surface area contributed by atoms with E-state index < -0.39 is 0 Å². The van der Waals surface area contributed by atoms with Crippen molar-refractivity contribution in [3.8, 4) is 0 Å². The van der Waals surface area contributed by atoms with Crippen LogP contribution in [-0.2, 0) is 11.2 Å². The Labute approximate surface area is 121 Å². The van der Waals surface area contributed by atoms with Gasteiger partial charge in [0.05, 0.1) is 0 Å². The molecule has 0 spiro atoms. The van der Waals surface area contributed by atoms with Crippen molar-refractivity contribution in [1.29, 1.82) is 0 Å². The molecule has 0 radical (unpaired) electrons. The van der Waals surface area contributed by atoms with E-state index in [1.165, 1.54) is 5.56 Å². The lowest BCUT2D eigenvalue weighted by Gasteiger charge is -2.07. The third-order valence-corrected chi connectivity index (χ3v) is 3.01. The van der Waals surface area contributed by atoms with Crippen molar-refractivity contribution in [3.63, 3.8) is 0 Å². The van der Waals surface area contributed by atoms with Gasteiger partial charge in [0.1, 0.15) is 0 Å². The molecule has 3 N–H and O–H groups in total. The molecule has 3 amide bonds. The standard InChI is InChI=1S/C13H18BrN3O2/c14-12-4-2-11(3-5-12)6-9-17-13(19)16-8-1-7-15-10-18/h2-5,10H,1,6-9H2,(H,15,18)(H2,16,17,19). The maximum absolute atomic E-state index is 11.4.